The lowest BCUT2D eigenvalue weighted by molar-refractivity contribution is -0.0550. The van der Waals surface area contributed by atoms with Crippen molar-refractivity contribution in [1.29, 1.82) is 0 Å². The highest BCUT2D eigenvalue weighted by atomic mass is 16.3. The summed E-state index contributed by atoms with van der Waals surface area (Å²) in [5.41, 5.74) is 1.50. The topological polar surface area (TPSA) is 36.7 Å². The van der Waals surface area contributed by atoms with Gasteiger partial charge in [-0.3, -0.25) is 9.69 Å². The Labute approximate surface area is 166 Å². The summed E-state index contributed by atoms with van der Waals surface area (Å²) in [6.45, 7) is 4.99. The molecule has 1 saturated carbocycles. The molecule has 1 aromatic carbocycles. The van der Waals surface area contributed by atoms with Crippen LogP contribution >= 0.6 is 0 Å². The second-order valence-corrected chi connectivity index (χ2v) is 9.75. The summed E-state index contributed by atoms with van der Waals surface area (Å²) in [5, 5.41) is 1.03. The van der Waals surface area contributed by atoms with Crippen LogP contribution in [0.25, 0.3) is 11.0 Å². The second-order valence-electron chi connectivity index (χ2n) is 9.75. The first-order valence-corrected chi connectivity index (χ1v) is 11.2. The summed E-state index contributed by atoms with van der Waals surface area (Å²) in [6, 6.07) is 9.52. The number of fused-ring (bicyclic) bond motifs is 5. The number of carbonyl (C=O) groups excluding carboxylic acids is 1. The molecule has 0 spiro atoms. The molecule has 148 valence electrons. The summed E-state index contributed by atoms with van der Waals surface area (Å²) in [6.07, 6.45) is 8.31. The van der Waals surface area contributed by atoms with Crippen LogP contribution in [0.15, 0.2) is 28.7 Å². The number of hydrogen-bond acceptors (Lipinski definition) is 3. The van der Waals surface area contributed by atoms with Crippen molar-refractivity contribution in [2.24, 2.45) is 17.8 Å². The molecule has 1 amide bonds. The molecule has 2 bridgehead atoms. The number of benzene rings is 1. The number of furan rings is 1. The van der Waals surface area contributed by atoms with E-state index in [0.717, 1.165) is 47.3 Å². The van der Waals surface area contributed by atoms with Gasteiger partial charge >= 0.3 is 0 Å². The zero-order chi connectivity index (χ0) is 18.8. The summed E-state index contributed by atoms with van der Waals surface area (Å²) in [7, 11) is 0. The lowest BCUT2D eigenvalue weighted by atomic mass is 9.74. The number of rotatable bonds is 2. The smallest absolute Gasteiger partial charge is 0.257 e. The van der Waals surface area contributed by atoms with Crippen molar-refractivity contribution in [2.75, 3.05) is 19.6 Å². The fourth-order valence-corrected chi connectivity index (χ4v) is 6.53. The Balaban J connectivity index is 1.26. The van der Waals surface area contributed by atoms with Gasteiger partial charge in [-0.25, -0.2) is 0 Å². The van der Waals surface area contributed by atoms with Gasteiger partial charge in [-0.15, -0.1) is 0 Å². The lowest BCUT2D eigenvalue weighted by Gasteiger charge is -2.55. The number of carbonyl (C=O) groups is 1. The summed E-state index contributed by atoms with van der Waals surface area (Å²) < 4.78 is 5.88. The Morgan fingerprint density at radius 2 is 1.86 bits per heavy atom. The highest BCUT2D eigenvalue weighted by Gasteiger charge is 2.48. The minimum absolute atomic E-state index is 0.164. The molecule has 0 radical (unpaired) electrons. The van der Waals surface area contributed by atoms with Crippen LogP contribution in [0, 0.1) is 24.7 Å². The van der Waals surface area contributed by atoms with Gasteiger partial charge in [0.1, 0.15) is 11.3 Å². The van der Waals surface area contributed by atoms with Crippen molar-refractivity contribution >= 4 is 16.9 Å². The van der Waals surface area contributed by atoms with Crippen LogP contribution in [0.4, 0.5) is 0 Å². The number of hydrogen-bond donors (Lipinski definition) is 0. The molecule has 4 atom stereocenters. The maximum atomic E-state index is 13.4. The first-order valence-electron chi connectivity index (χ1n) is 11.2. The van der Waals surface area contributed by atoms with Crippen molar-refractivity contribution in [3.05, 3.63) is 35.6 Å². The zero-order valence-corrected chi connectivity index (χ0v) is 16.8. The molecule has 0 unspecified atom stereocenters. The average molecular weight is 379 g/mol. The maximum Gasteiger partial charge on any atom is 0.257 e. The Bertz CT molecular complexity index is 914. The third kappa shape index (κ3) is 2.72. The molecule has 6 rings (SSSR count). The van der Waals surface area contributed by atoms with Crippen LogP contribution < -0.4 is 0 Å². The molecule has 4 fully saturated rings. The highest BCUT2D eigenvalue weighted by molar-refractivity contribution is 6.05. The predicted octanol–water partition coefficient (Wildman–Crippen LogP) is 4.47. The van der Waals surface area contributed by atoms with E-state index in [-0.39, 0.29) is 5.91 Å². The van der Waals surface area contributed by atoms with E-state index in [1.54, 1.807) is 0 Å². The molecule has 4 aliphatic rings. The van der Waals surface area contributed by atoms with E-state index in [0.29, 0.717) is 17.9 Å². The van der Waals surface area contributed by atoms with Crippen LogP contribution in [0.1, 0.15) is 54.6 Å². The summed E-state index contributed by atoms with van der Waals surface area (Å²) >= 11 is 0. The van der Waals surface area contributed by atoms with Gasteiger partial charge in [0.2, 0.25) is 0 Å². The van der Waals surface area contributed by atoms with Crippen molar-refractivity contribution in [3.63, 3.8) is 0 Å². The van der Waals surface area contributed by atoms with E-state index >= 15 is 0 Å². The highest BCUT2D eigenvalue weighted by Crippen LogP contribution is 2.46. The van der Waals surface area contributed by atoms with Crippen molar-refractivity contribution in [1.82, 2.24) is 9.80 Å². The quantitative estimate of drug-likeness (QED) is 0.774. The SMILES string of the molecule is Cc1cc2cccc(C(=O)N3C[C@@H]4C[C@H](C3)[C@@H]3CCC[C@H](C5CC5)N3C4)c2o1. The van der Waals surface area contributed by atoms with E-state index in [9.17, 15) is 4.79 Å². The fraction of sp³-hybridized carbons (Fsp3) is 0.625. The zero-order valence-electron chi connectivity index (χ0n) is 16.8. The molecule has 2 aromatic rings. The van der Waals surface area contributed by atoms with Crippen LogP contribution in [0.3, 0.4) is 0 Å². The van der Waals surface area contributed by atoms with Crippen molar-refractivity contribution < 1.29 is 9.21 Å². The van der Waals surface area contributed by atoms with E-state index in [1.165, 1.54) is 45.1 Å². The number of piperidine rings is 3. The van der Waals surface area contributed by atoms with Crippen LogP contribution in [-0.2, 0) is 0 Å². The molecule has 4 heteroatoms. The van der Waals surface area contributed by atoms with Crippen LogP contribution in [-0.4, -0.2) is 47.4 Å². The molecule has 28 heavy (non-hydrogen) atoms. The van der Waals surface area contributed by atoms with Crippen molar-refractivity contribution in [3.8, 4) is 0 Å². The third-order valence-corrected chi connectivity index (χ3v) is 7.79. The van der Waals surface area contributed by atoms with Crippen LogP contribution in [0.2, 0.25) is 0 Å². The van der Waals surface area contributed by atoms with Gasteiger partial charge in [0.15, 0.2) is 0 Å². The minimum atomic E-state index is 0.164. The fourth-order valence-electron chi connectivity index (χ4n) is 6.53. The van der Waals surface area contributed by atoms with E-state index < -0.39 is 0 Å². The number of aryl methyl sites for hydroxylation is 1. The van der Waals surface area contributed by atoms with E-state index in [4.69, 9.17) is 4.42 Å². The van der Waals surface area contributed by atoms with E-state index in [1.807, 2.05) is 31.2 Å². The normalized spacial score (nSPS) is 33.1. The number of likely N-dealkylation sites (tertiary alicyclic amines) is 1. The Hall–Kier alpha value is -1.81. The molecule has 3 saturated heterocycles. The van der Waals surface area contributed by atoms with Gasteiger partial charge in [0.25, 0.3) is 5.91 Å². The monoisotopic (exact) mass is 378 g/mol. The van der Waals surface area contributed by atoms with Gasteiger partial charge in [0, 0.05) is 37.1 Å². The van der Waals surface area contributed by atoms with Crippen LogP contribution in [0.5, 0.6) is 0 Å². The Morgan fingerprint density at radius 1 is 1.04 bits per heavy atom. The molecule has 3 aliphatic heterocycles. The van der Waals surface area contributed by atoms with Gasteiger partial charge in [0.05, 0.1) is 5.56 Å². The third-order valence-electron chi connectivity index (χ3n) is 7.79. The predicted molar refractivity (Wildman–Crippen MR) is 109 cm³/mol. The summed E-state index contributed by atoms with van der Waals surface area (Å²) in [4.78, 5) is 18.5. The lowest BCUT2D eigenvalue weighted by Crippen LogP contribution is -2.62. The molecule has 1 aromatic heterocycles. The molecular formula is C24H30N2O2. The van der Waals surface area contributed by atoms with E-state index in [2.05, 4.69) is 9.80 Å². The molecule has 4 heterocycles. The first kappa shape index (κ1) is 17.1. The Morgan fingerprint density at radius 3 is 2.68 bits per heavy atom. The molecule has 1 aliphatic carbocycles. The average Bonchev–Trinajstić information content (AvgIpc) is 3.46. The van der Waals surface area contributed by atoms with Gasteiger partial charge in [-0.05, 0) is 68.9 Å². The standard InChI is InChI=1S/C24H30N2O2/c1-15-10-18-4-2-5-20(23(18)28-15)24(27)25-12-16-11-19(14-25)22-7-3-6-21(17-8-9-17)26(22)13-16/h2,4-5,10,16-17,19,21-22H,3,6-9,11-14H2,1H3/t16-,19+,21+,22-/m0/s1. The number of nitrogens with zero attached hydrogens (tertiary/aromatic N) is 2. The Kier molecular flexibility index (Phi) is 3.87. The number of para-hydroxylation sites is 1. The maximum absolute atomic E-state index is 13.4. The molecule has 0 N–H and O–H groups in total. The largest absolute Gasteiger partial charge is 0.461 e. The van der Waals surface area contributed by atoms with Gasteiger partial charge in [-0.2, -0.15) is 0 Å². The van der Waals surface area contributed by atoms with Gasteiger partial charge < -0.3 is 9.32 Å². The second kappa shape index (κ2) is 6.35. The minimum Gasteiger partial charge on any atom is -0.461 e. The molecule has 4 nitrogen and oxygen atoms in total. The molecular weight excluding hydrogens is 348 g/mol. The van der Waals surface area contributed by atoms with Gasteiger partial charge in [-0.1, -0.05) is 18.6 Å². The number of amides is 1. The van der Waals surface area contributed by atoms with Crippen molar-refractivity contribution in [2.45, 2.75) is 57.5 Å². The first-order chi connectivity index (χ1) is 13.7. The summed E-state index contributed by atoms with van der Waals surface area (Å²) in [5.74, 6) is 3.29.